The SMILES string of the molecule is Nc1c(Cl)cc(I)nc1Cl.Nc1c(Cl)ccnc1Cl.[2H]C([2H])([2H])Nc1nc(I)cc(Cl)c1N.[2H]C([2H])([2H])n1cnc2c(Cl)cc(I)nc21. The lowest BCUT2D eigenvalue weighted by molar-refractivity contribution is 0.928. The van der Waals surface area contributed by atoms with E-state index < -0.39 is 14.0 Å². The van der Waals surface area contributed by atoms with Gasteiger partial charge in [0.15, 0.2) is 21.8 Å². The van der Waals surface area contributed by atoms with Gasteiger partial charge < -0.3 is 27.1 Å². The highest BCUT2D eigenvalue weighted by atomic mass is 127. The van der Waals surface area contributed by atoms with E-state index in [1.165, 1.54) is 12.5 Å². The standard InChI is InChI=1S/C7H5ClIN3.C6H7ClIN3.C5H3Cl2IN2.C5H4Cl2N2/c1-12-3-10-6-4(8)2-5(9)11-7(6)12;1-10-6-5(9)3(7)2-4(8)11-6;6-2-1-3(8)10-5(7)4(2)9;6-3-1-2-9-5(7)4(3)8/h2-3H,1H3;2H,9H2,1H3,(H,10,11);1H,9H2;1-2H,8H2/i2*1D3;;. The molecular weight excluding hydrogens is 1010 g/mol. The number of halogens is 9. The van der Waals surface area contributed by atoms with Crippen LogP contribution in [0.2, 0.25) is 30.4 Å². The number of imidazole rings is 1. The Bertz CT molecular complexity index is 1860. The smallest absolute Gasteiger partial charge is 0.162 e. The van der Waals surface area contributed by atoms with Crippen molar-refractivity contribution in [3.63, 3.8) is 0 Å². The first-order valence-electron chi connectivity index (χ1n) is 13.4. The maximum Gasteiger partial charge on any atom is 0.162 e. The molecule has 0 aliphatic rings. The van der Waals surface area contributed by atoms with Gasteiger partial charge in [0.2, 0.25) is 0 Å². The molecule has 0 aromatic carbocycles. The lowest BCUT2D eigenvalue weighted by atomic mass is 10.4. The van der Waals surface area contributed by atoms with E-state index in [0.717, 1.165) is 8.27 Å². The number of nitrogens with one attached hydrogen (secondary N) is 1. The fourth-order valence-electron chi connectivity index (χ4n) is 2.41. The number of rotatable bonds is 1. The summed E-state index contributed by atoms with van der Waals surface area (Å²) in [5.74, 6) is 0.0851. The van der Waals surface area contributed by atoms with Crippen LogP contribution in [-0.2, 0) is 6.98 Å². The molecule has 224 valence electrons. The molecule has 5 aromatic heterocycles. The van der Waals surface area contributed by atoms with E-state index in [-0.39, 0.29) is 32.5 Å². The summed E-state index contributed by atoms with van der Waals surface area (Å²) in [7, 11) is 0. The van der Waals surface area contributed by atoms with Gasteiger partial charge in [-0.15, -0.1) is 0 Å². The van der Waals surface area contributed by atoms with Gasteiger partial charge in [-0.25, -0.2) is 24.9 Å². The second-order valence-electron chi connectivity index (χ2n) is 7.16. The normalized spacial score (nSPS) is 12.8. The predicted octanol–water partition coefficient (Wildman–Crippen LogP) is 8.74. The van der Waals surface area contributed by atoms with Gasteiger partial charge in [-0.1, -0.05) is 69.6 Å². The summed E-state index contributed by atoms with van der Waals surface area (Å²) in [5.41, 5.74) is 17.8. The second-order valence-corrected chi connectivity index (χ2v) is 12.8. The van der Waals surface area contributed by atoms with Crippen molar-refractivity contribution in [1.29, 1.82) is 0 Å². The van der Waals surface area contributed by atoms with Crippen LogP contribution in [0.4, 0.5) is 22.9 Å². The summed E-state index contributed by atoms with van der Waals surface area (Å²) < 4.78 is 45.8. The van der Waals surface area contributed by atoms with Crippen LogP contribution in [0, 0.1) is 11.1 Å². The van der Waals surface area contributed by atoms with Crippen LogP contribution in [-0.4, -0.2) is 36.5 Å². The first-order chi connectivity index (χ1) is 22.0. The Labute approximate surface area is 320 Å². The molecule has 7 N–H and O–H groups in total. The van der Waals surface area contributed by atoms with Crippen LogP contribution in [0.3, 0.4) is 0 Å². The van der Waals surface area contributed by atoms with E-state index in [1.54, 1.807) is 24.3 Å². The molecule has 10 nitrogen and oxygen atoms in total. The van der Waals surface area contributed by atoms with Crippen LogP contribution >= 0.6 is 137 Å². The summed E-state index contributed by atoms with van der Waals surface area (Å²) in [6.45, 7) is -4.61. The van der Waals surface area contributed by atoms with Crippen molar-refractivity contribution in [3.8, 4) is 0 Å². The minimum atomic E-state index is -2.32. The minimum absolute atomic E-state index is 0.0851. The minimum Gasteiger partial charge on any atom is -0.395 e. The lowest BCUT2D eigenvalue weighted by Crippen LogP contribution is -2.00. The number of hydrogen-bond donors (Lipinski definition) is 4. The summed E-state index contributed by atoms with van der Waals surface area (Å²) in [6.07, 6.45) is 2.73. The molecular formula is C23H19Cl6I3N10. The van der Waals surface area contributed by atoms with Crippen molar-refractivity contribution in [2.45, 2.75) is 0 Å². The van der Waals surface area contributed by atoms with Crippen molar-refractivity contribution < 1.29 is 8.22 Å². The Morgan fingerprint density at radius 3 is 1.88 bits per heavy atom. The van der Waals surface area contributed by atoms with E-state index in [1.807, 2.05) is 67.8 Å². The van der Waals surface area contributed by atoms with Gasteiger partial charge in [-0.05, 0) is 92.0 Å². The van der Waals surface area contributed by atoms with E-state index in [0.29, 0.717) is 39.4 Å². The van der Waals surface area contributed by atoms with Crippen LogP contribution in [0.25, 0.3) is 11.2 Å². The highest BCUT2D eigenvalue weighted by molar-refractivity contribution is 14.1. The van der Waals surface area contributed by atoms with Gasteiger partial charge in [0.1, 0.15) is 16.6 Å². The molecule has 0 fully saturated rings. The fourth-order valence-corrected chi connectivity index (χ4v) is 5.96. The number of aryl methyl sites for hydroxylation is 1. The number of nitrogens with zero attached hydrogens (tertiary/aromatic N) is 6. The molecule has 0 atom stereocenters. The fraction of sp³-hybridized carbons (Fsp3) is 0.0870. The number of anilines is 4. The molecule has 0 unspecified atom stereocenters. The predicted molar refractivity (Wildman–Crippen MR) is 202 cm³/mol. The zero-order valence-corrected chi connectivity index (χ0v) is 31.3. The highest BCUT2D eigenvalue weighted by Gasteiger charge is 2.07. The first kappa shape index (κ1) is 28.7. The third-order valence-electron chi connectivity index (χ3n) is 4.34. The quantitative estimate of drug-likeness (QED) is 0.0952. The van der Waals surface area contributed by atoms with Crippen LogP contribution in [0.5, 0.6) is 0 Å². The number of hydrogen-bond acceptors (Lipinski definition) is 9. The lowest BCUT2D eigenvalue weighted by Gasteiger charge is -2.05. The Balaban J connectivity index is 0.000000227. The summed E-state index contributed by atoms with van der Waals surface area (Å²) in [5, 5.41) is 4.31. The van der Waals surface area contributed by atoms with E-state index in [4.69, 9.17) is 95.0 Å². The molecule has 0 spiro atoms. The van der Waals surface area contributed by atoms with E-state index >= 15 is 0 Å². The molecule has 0 aliphatic carbocycles. The first-order valence-corrected chi connectivity index (χ1v) is 15.9. The summed E-state index contributed by atoms with van der Waals surface area (Å²) >= 11 is 39.9. The Kier molecular flexibility index (Phi) is 12.0. The average Bonchev–Trinajstić information content (AvgIpc) is 3.38. The summed E-state index contributed by atoms with van der Waals surface area (Å²) in [6, 6.07) is 6.44. The van der Waals surface area contributed by atoms with Gasteiger partial charge in [0, 0.05) is 28.4 Å². The largest absolute Gasteiger partial charge is 0.395 e. The average molecular weight is 1030 g/mol. The van der Waals surface area contributed by atoms with Crippen LogP contribution in [0.15, 0.2) is 36.8 Å². The van der Waals surface area contributed by atoms with Crippen LogP contribution < -0.4 is 22.5 Å². The molecule has 5 aromatic rings. The molecule has 5 heterocycles. The monoisotopic (exact) mass is 1030 g/mol. The van der Waals surface area contributed by atoms with E-state index in [9.17, 15) is 0 Å². The molecule has 42 heavy (non-hydrogen) atoms. The van der Waals surface area contributed by atoms with Gasteiger partial charge in [0.05, 0.1) is 43.5 Å². The van der Waals surface area contributed by atoms with Gasteiger partial charge in [-0.2, -0.15) is 0 Å². The second kappa shape index (κ2) is 17.6. The van der Waals surface area contributed by atoms with Crippen molar-refractivity contribution >= 4 is 171 Å². The zero-order chi connectivity index (χ0) is 36.7. The van der Waals surface area contributed by atoms with Gasteiger partial charge in [-0.3, -0.25) is 0 Å². The van der Waals surface area contributed by atoms with Crippen molar-refractivity contribution in [2.24, 2.45) is 6.98 Å². The Morgan fingerprint density at radius 2 is 1.31 bits per heavy atom. The molecule has 0 bridgehead atoms. The van der Waals surface area contributed by atoms with Crippen molar-refractivity contribution in [2.75, 3.05) is 29.5 Å². The zero-order valence-electron chi connectivity index (χ0n) is 26.3. The third kappa shape index (κ3) is 11.0. The van der Waals surface area contributed by atoms with Gasteiger partial charge in [0.25, 0.3) is 0 Å². The molecule has 0 amide bonds. The number of pyridine rings is 4. The van der Waals surface area contributed by atoms with Crippen molar-refractivity contribution in [3.05, 3.63) is 78.3 Å². The highest BCUT2D eigenvalue weighted by Crippen LogP contribution is 2.27. The maximum absolute atomic E-state index is 7.28. The Hall–Kier alpha value is -0.800. The third-order valence-corrected chi connectivity index (χ3v) is 7.83. The Morgan fingerprint density at radius 1 is 0.738 bits per heavy atom. The molecule has 0 aliphatic heterocycles. The maximum atomic E-state index is 7.28. The van der Waals surface area contributed by atoms with Gasteiger partial charge >= 0.3 is 0 Å². The number of nitrogen functional groups attached to an aromatic ring is 3. The number of aromatic nitrogens is 6. The van der Waals surface area contributed by atoms with Crippen LogP contribution in [0.1, 0.15) is 8.22 Å². The van der Waals surface area contributed by atoms with E-state index in [2.05, 4.69) is 30.2 Å². The molecule has 0 saturated heterocycles. The molecule has 5 rings (SSSR count). The molecule has 19 heteroatoms. The topological polar surface area (TPSA) is 159 Å². The van der Waals surface area contributed by atoms with Crippen molar-refractivity contribution in [1.82, 2.24) is 29.5 Å². The number of nitrogens with two attached hydrogens (primary N) is 3. The molecule has 0 radical (unpaired) electrons. The number of fused-ring (bicyclic) bond motifs is 1. The summed E-state index contributed by atoms with van der Waals surface area (Å²) in [4.78, 5) is 19.5. The molecule has 0 saturated carbocycles.